The molecule has 0 amide bonds. The summed E-state index contributed by atoms with van der Waals surface area (Å²) in [7, 11) is 2.66. The Labute approximate surface area is 64.2 Å². The summed E-state index contributed by atoms with van der Waals surface area (Å²) < 4.78 is 0. The first kappa shape index (κ1) is 7.50. The molecule has 0 spiro atoms. The van der Waals surface area contributed by atoms with Gasteiger partial charge < -0.3 is 0 Å². The van der Waals surface area contributed by atoms with E-state index in [1.807, 2.05) is 13.0 Å². The average molecular weight is 150 g/mol. The lowest BCUT2D eigenvalue weighted by atomic mass is 10.2. The first-order valence-corrected chi connectivity index (χ1v) is 3.89. The van der Waals surface area contributed by atoms with Crippen molar-refractivity contribution < 1.29 is 0 Å². The molecule has 0 heterocycles. The number of allylic oxidation sites excluding steroid dienone is 1. The standard InChI is InChI=1S/C9H11P/c1-2-3-8-4-6-9(10)7-5-8/h2-7H,10H2,1H3/b3-2+. The molecule has 0 nitrogen and oxygen atoms in total. The van der Waals surface area contributed by atoms with Crippen molar-refractivity contribution in [2.24, 2.45) is 0 Å². The molecule has 0 aromatic heterocycles. The fraction of sp³-hybridized carbons (Fsp3) is 0.111. The molecule has 1 rings (SSSR count). The topological polar surface area (TPSA) is 0 Å². The van der Waals surface area contributed by atoms with Crippen molar-refractivity contribution in [3.63, 3.8) is 0 Å². The molecule has 1 unspecified atom stereocenters. The Bertz CT molecular complexity index is 221. The Kier molecular flexibility index (Phi) is 2.65. The number of hydrogen-bond acceptors (Lipinski definition) is 0. The van der Waals surface area contributed by atoms with Gasteiger partial charge in [0, 0.05) is 0 Å². The summed E-state index contributed by atoms with van der Waals surface area (Å²) in [5.41, 5.74) is 1.26. The zero-order chi connectivity index (χ0) is 7.40. The van der Waals surface area contributed by atoms with Gasteiger partial charge in [-0.3, -0.25) is 0 Å². The first-order valence-electron chi connectivity index (χ1n) is 3.31. The molecule has 0 bridgehead atoms. The van der Waals surface area contributed by atoms with Gasteiger partial charge in [0.2, 0.25) is 0 Å². The first-order chi connectivity index (χ1) is 4.83. The van der Waals surface area contributed by atoms with Crippen molar-refractivity contribution in [2.45, 2.75) is 6.92 Å². The number of rotatable bonds is 1. The van der Waals surface area contributed by atoms with Crippen molar-refractivity contribution in [3.05, 3.63) is 35.9 Å². The SMILES string of the molecule is C/C=C/c1ccc(P)cc1. The highest BCUT2D eigenvalue weighted by molar-refractivity contribution is 7.27. The second kappa shape index (κ2) is 3.53. The Morgan fingerprint density at radius 1 is 1.20 bits per heavy atom. The highest BCUT2D eigenvalue weighted by atomic mass is 31.0. The van der Waals surface area contributed by atoms with Crippen LogP contribution in [0.1, 0.15) is 12.5 Å². The molecule has 0 aliphatic carbocycles. The van der Waals surface area contributed by atoms with Crippen LogP contribution in [0.4, 0.5) is 0 Å². The average Bonchev–Trinajstić information content (AvgIpc) is 1.95. The van der Waals surface area contributed by atoms with Crippen LogP contribution in [-0.4, -0.2) is 0 Å². The highest BCUT2D eigenvalue weighted by Crippen LogP contribution is 2.00. The van der Waals surface area contributed by atoms with Crippen LogP contribution in [-0.2, 0) is 0 Å². The number of hydrogen-bond donors (Lipinski definition) is 0. The van der Waals surface area contributed by atoms with Gasteiger partial charge in [0.15, 0.2) is 0 Å². The molecule has 1 atom stereocenters. The predicted octanol–water partition coefficient (Wildman–Crippen LogP) is 2.22. The van der Waals surface area contributed by atoms with Crippen LogP contribution in [0.5, 0.6) is 0 Å². The van der Waals surface area contributed by atoms with Crippen molar-refractivity contribution in [1.29, 1.82) is 0 Å². The minimum atomic E-state index is 1.23. The monoisotopic (exact) mass is 150 g/mol. The maximum Gasteiger partial charge on any atom is -0.0259 e. The summed E-state index contributed by atoms with van der Waals surface area (Å²) in [6.07, 6.45) is 4.13. The normalized spacial score (nSPS) is 10.6. The fourth-order valence-corrected chi connectivity index (χ4v) is 0.992. The molecule has 0 aliphatic rings. The zero-order valence-corrected chi connectivity index (χ0v) is 7.20. The maximum atomic E-state index is 2.66. The van der Waals surface area contributed by atoms with E-state index in [0.717, 1.165) is 0 Å². The quantitative estimate of drug-likeness (QED) is 0.538. The van der Waals surface area contributed by atoms with Crippen LogP contribution in [0.15, 0.2) is 30.3 Å². The molecule has 0 radical (unpaired) electrons. The molecule has 0 fully saturated rings. The van der Waals surface area contributed by atoms with E-state index in [2.05, 4.69) is 39.6 Å². The van der Waals surface area contributed by atoms with E-state index >= 15 is 0 Å². The fourth-order valence-electron chi connectivity index (χ4n) is 0.800. The Morgan fingerprint density at radius 3 is 2.30 bits per heavy atom. The van der Waals surface area contributed by atoms with Gasteiger partial charge >= 0.3 is 0 Å². The van der Waals surface area contributed by atoms with E-state index < -0.39 is 0 Å². The molecule has 1 aromatic carbocycles. The second-order valence-corrected chi connectivity index (χ2v) is 2.83. The summed E-state index contributed by atoms with van der Waals surface area (Å²) in [4.78, 5) is 0. The Hall–Kier alpha value is -0.610. The molecule has 1 heteroatoms. The summed E-state index contributed by atoms with van der Waals surface area (Å²) in [6, 6.07) is 8.37. The molecular formula is C9H11P. The van der Waals surface area contributed by atoms with Gasteiger partial charge in [0.25, 0.3) is 0 Å². The maximum absolute atomic E-state index is 2.66. The Balaban J connectivity index is 2.89. The lowest BCUT2D eigenvalue weighted by Gasteiger charge is -1.92. The third-order valence-corrected chi connectivity index (χ3v) is 1.68. The van der Waals surface area contributed by atoms with E-state index in [-0.39, 0.29) is 0 Å². The van der Waals surface area contributed by atoms with Crippen LogP contribution in [0.2, 0.25) is 0 Å². The predicted molar refractivity (Wildman–Crippen MR) is 50.5 cm³/mol. The molecule has 0 saturated heterocycles. The lowest BCUT2D eigenvalue weighted by Crippen LogP contribution is -1.86. The molecule has 52 valence electrons. The highest BCUT2D eigenvalue weighted by Gasteiger charge is 1.83. The minimum Gasteiger partial charge on any atom is -0.106 e. The Morgan fingerprint density at radius 2 is 1.80 bits per heavy atom. The number of benzene rings is 1. The van der Waals surface area contributed by atoms with Gasteiger partial charge in [-0.2, -0.15) is 0 Å². The molecule has 0 saturated carbocycles. The summed E-state index contributed by atoms with van der Waals surface area (Å²) in [5.74, 6) is 0. The molecule has 10 heavy (non-hydrogen) atoms. The second-order valence-electron chi connectivity index (χ2n) is 2.17. The third-order valence-electron chi connectivity index (χ3n) is 1.30. The van der Waals surface area contributed by atoms with Crippen LogP contribution < -0.4 is 5.30 Å². The minimum absolute atomic E-state index is 1.23. The smallest absolute Gasteiger partial charge is 0.0259 e. The van der Waals surface area contributed by atoms with Crippen LogP contribution >= 0.6 is 9.24 Å². The summed E-state index contributed by atoms with van der Waals surface area (Å²) in [5, 5.41) is 1.23. The van der Waals surface area contributed by atoms with Gasteiger partial charge in [-0.1, -0.05) is 36.4 Å². The van der Waals surface area contributed by atoms with Gasteiger partial charge in [-0.05, 0) is 17.8 Å². The van der Waals surface area contributed by atoms with Crippen molar-refractivity contribution in [2.75, 3.05) is 0 Å². The lowest BCUT2D eigenvalue weighted by molar-refractivity contribution is 1.68. The van der Waals surface area contributed by atoms with Gasteiger partial charge in [-0.25, -0.2) is 0 Å². The molecular weight excluding hydrogens is 139 g/mol. The van der Waals surface area contributed by atoms with Crippen LogP contribution in [0, 0.1) is 0 Å². The summed E-state index contributed by atoms with van der Waals surface area (Å²) in [6.45, 7) is 2.02. The van der Waals surface area contributed by atoms with E-state index in [4.69, 9.17) is 0 Å². The van der Waals surface area contributed by atoms with Crippen LogP contribution in [0.3, 0.4) is 0 Å². The van der Waals surface area contributed by atoms with Crippen LogP contribution in [0.25, 0.3) is 6.08 Å². The van der Waals surface area contributed by atoms with Gasteiger partial charge in [0.1, 0.15) is 0 Å². The summed E-state index contributed by atoms with van der Waals surface area (Å²) >= 11 is 0. The molecule has 0 aliphatic heterocycles. The van der Waals surface area contributed by atoms with Gasteiger partial charge in [-0.15, -0.1) is 9.24 Å². The van der Waals surface area contributed by atoms with E-state index in [9.17, 15) is 0 Å². The van der Waals surface area contributed by atoms with Crippen molar-refractivity contribution in [3.8, 4) is 0 Å². The van der Waals surface area contributed by atoms with E-state index in [1.54, 1.807) is 0 Å². The van der Waals surface area contributed by atoms with Crippen molar-refractivity contribution >= 4 is 20.6 Å². The van der Waals surface area contributed by atoms with E-state index in [0.29, 0.717) is 0 Å². The molecule has 1 aromatic rings. The van der Waals surface area contributed by atoms with Gasteiger partial charge in [0.05, 0.1) is 0 Å². The van der Waals surface area contributed by atoms with E-state index in [1.165, 1.54) is 10.9 Å². The molecule has 0 N–H and O–H groups in total. The third kappa shape index (κ3) is 1.97. The van der Waals surface area contributed by atoms with Crippen molar-refractivity contribution in [1.82, 2.24) is 0 Å². The zero-order valence-electron chi connectivity index (χ0n) is 6.04. The largest absolute Gasteiger partial charge is 0.106 e.